The smallest absolute Gasteiger partial charge is 0.332 e. The molecule has 2 aromatic carbocycles. The molecule has 138 valence electrons. The molecule has 0 spiro atoms. The molecule has 6 nitrogen and oxygen atoms in total. The number of benzene rings is 2. The van der Waals surface area contributed by atoms with Gasteiger partial charge in [0.05, 0.1) is 22.6 Å². The van der Waals surface area contributed by atoms with Gasteiger partial charge in [-0.25, -0.2) is 13.2 Å². The topological polar surface area (TPSA) is 98.5 Å². The molecule has 1 atom stereocenters. The fraction of sp³-hybridized carbons (Fsp3) is 0.200. The first-order valence-corrected chi connectivity index (χ1v) is 9.78. The Morgan fingerprint density at radius 1 is 1.15 bits per heavy atom. The van der Waals surface area contributed by atoms with Gasteiger partial charge in [-0.1, -0.05) is 35.9 Å². The monoisotopic (exact) mass is 382 g/mol. The molecule has 27 heavy (non-hydrogen) atoms. The second kappa shape index (κ2) is 7.35. The molecule has 0 saturated heterocycles. The van der Waals surface area contributed by atoms with E-state index in [4.69, 9.17) is 5.26 Å². The van der Waals surface area contributed by atoms with Crippen LogP contribution in [0.15, 0.2) is 65.1 Å². The third-order valence-corrected chi connectivity index (χ3v) is 6.46. The van der Waals surface area contributed by atoms with Crippen LogP contribution in [0.3, 0.4) is 0 Å². The maximum Gasteiger partial charge on any atom is 0.332 e. The molecule has 0 aromatic heterocycles. The summed E-state index contributed by atoms with van der Waals surface area (Å²) < 4.78 is 27.7. The van der Waals surface area contributed by atoms with Crippen molar-refractivity contribution in [1.82, 2.24) is 4.31 Å². The van der Waals surface area contributed by atoms with Crippen LogP contribution in [-0.2, 0) is 14.8 Å². The second-order valence-corrected chi connectivity index (χ2v) is 8.27. The van der Waals surface area contributed by atoms with Gasteiger partial charge in [-0.3, -0.25) is 0 Å². The van der Waals surface area contributed by atoms with Crippen LogP contribution in [0.2, 0.25) is 0 Å². The summed E-state index contributed by atoms with van der Waals surface area (Å²) in [6.07, 6.45) is 1.81. The van der Waals surface area contributed by atoms with Crippen molar-refractivity contribution in [3.63, 3.8) is 0 Å². The van der Waals surface area contributed by atoms with Gasteiger partial charge in [-0.05, 0) is 43.2 Å². The Hall–Kier alpha value is -2.95. The van der Waals surface area contributed by atoms with Crippen LogP contribution in [0.5, 0.6) is 0 Å². The highest BCUT2D eigenvalue weighted by atomic mass is 32.2. The number of rotatable bonds is 4. The van der Waals surface area contributed by atoms with Crippen molar-refractivity contribution in [3.05, 3.63) is 76.9 Å². The molecule has 0 saturated carbocycles. The minimum Gasteiger partial charge on any atom is -0.478 e. The summed E-state index contributed by atoms with van der Waals surface area (Å²) in [5.74, 6) is -1.13. The summed E-state index contributed by atoms with van der Waals surface area (Å²) >= 11 is 0. The lowest BCUT2D eigenvalue weighted by atomic mass is 9.97. The molecule has 1 N–H and O–H groups in total. The molecule has 1 aliphatic heterocycles. The van der Waals surface area contributed by atoms with E-state index in [-0.39, 0.29) is 23.4 Å². The molecule has 0 radical (unpaired) electrons. The first kappa shape index (κ1) is 18.8. The van der Waals surface area contributed by atoms with Crippen molar-refractivity contribution in [2.24, 2.45) is 0 Å². The number of carboxylic acids is 1. The van der Waals surface area contributed by atoms with Crippen molar-refractivity contribution < 1.29 is 18.3 Å². The van der Waals surface area contributed by atoms with Crippen LogP contribution in [-0.4, -0.2) is 30.3 Å². The fourth-order valence-electron chi connectivity index (χ4n) is 3.05. The van der Waals surface area contributed by atoms with Crippen LogP contribution in [0.4, 0.5) is 0 Å². The number of aliphatic carboxylic acids is 1. The third kappa shape index (κ3) is 3.77. The first-order chi connectivity index (χ1) is 12.8. The van der Waals surface area contributed by atoms with Crippen molar-refractivity contribution in [2.75, 3.05) is 6.54 Å². The number of nitriles is 1. The van der Waals surface area contributed by atoms with Gasteiger partial charge in [-0.15, -0.1) is 0 Å². The minimum atomic E-state index is -3.89. The zero-order valence-electron chi connectivity index (χ0n) is 14.7. The predicted octanol–water partition coefficient (Wildman–Crippen LogP) is 3.01. The standard InChI is InChI=1S/C20H18N2O4S/c1-14-2-9-18(10-3-14)27(25,26)22-13-17(20(23)24)8-11-19(22)16-6-4-15(12-21)5-7-16/h2-10,19H,11,13H2,1H3,(H,23,24). The van der Waals surface area contributed by atoms with Crippen molar-refractivity contribution in [2.45, 2.75) is 24.3 Å². The van der Waals surface area contributed by atoms with Gasteiger partial charge in [0.25, 0.3) is 0 Å². The molecule has 0 amide bonds. The lowest BCUT2D eigenvalue weighted by molar-refractivity contribution is -0.133. The number of aryl methyl sites for hydroxylation is 1. The summed E-state index contributed by atoms with van der Waals surface area (Å²) in [5, 5.41) is 18.3. The molecule has 1 heterocycles. The minimum absolute atomic E-state index is 0.0515. The first-order valence-electron chi connectivity index (χ1n) is 8.34. The van der Waals surface area contributed by atoms with Gasteiger partial charge in [0.2, 0.25) is 10.0 Å². The molecule has 1 unspecified atom stereocenters. The lowest BCUT2D eigenvalue weighted by Gasteiger charge is -2.34. The van der Waals surface area contributed by atoms with E-state index >= 15 is 0 Å². The molecule has 2 aromatic rings. The molecule has 0 fully saturated rings. The average Bonchev–Trinajstić information content (AvgIpc) is 2.68. The van der Waals surface area contributed by atoms with E-state index in [0.717, 1.165) is 5.56 Å². The molecule has 0 bridgehead atoms. The average molecular weight is 382 g/mol. The Morgan fingerprint density at radius 2 is 1.78 bits per heavy atom. The van der Waals surface area contributed by atoms with E-state index in [1.165, 1.54) is 16.4 Å². The van der Waals surface area contributed by atoms with Gasteiger partial charge in [0.1, 0.15) is 0 Å². The Morgan fingerprint density at radius 3 is 2.33 bits per heavy atom. The third-order valence-electron chi connectivity index (χ3n) is 4.59. The summed E-state index contributed by atoms with van der Waals surface area (Å²) in [5.41, 5.74) is 2.17. The van der Waals surface area contributed by atoms with Crippen molar-refractivity contribution in [3.8, 4) is 6.07 Å². The quantitative estimate of drug-likeness (QED) is 0.876. The summed E-state index contributed by atoms with van der Waals surface area (Å²) in [7, 11) is -3.89. The number of hydrogen-bond acceptors (Lipinski definition) is 4. The Kier molecular flexibility index (Phi) is 5.13. The highest BCUT2D eigenvalue weighted by Gasteiger charge is 2.36. The van der Waals surface area contributed by atoms with Crippen LogP contribution < -0.4 is 0 Å². The van der Waals surface area contributed by atoms with E-state index in [9.17, 15) is 18.3 Å². The van der Waals surface area contributed by atoms with E-state index in [1.807, 2.05) is 13.0 Å². The Bertz CT molecular complexity index is 1030. The summed E-state index contributed by atoms with van der Waals surface area (Å²) in [6.45, 7) is 1.65. The van der Waals surface area contributed by atoms with E-state index in [1.54, 1.807) is 42.5 Å². The maximum atomic E-state index is 13.2. The number of hydrogen-bond donors (Lipinski definition) is 1. The van der Waals surface area contributed by atoms with Crippen molar-refractivity contribution >= 4 is 16.0 Å². The summed E-state index contributed by atoms with van der Waals surface area (Å²) in [6, 6.07) is 14.6. The second-order valence-electron chi connectivity index (χ2n) is 6.38. The van der Waals surface area contributed by atoms with Gasteiger partial charge in [0, 0.05) is 12.1 Å². The number of carboxylic acid groups (broad SMARTS) is 1. The fourth-order valence-corrected chi connectivity index (χ4v) is 4.65. The Balaban J connectivity index is 2.06. The summed E-state index contributed by atoms with van der Waals surface area (Å²) in [4.78, 5) is 11.5. The van der Waals surface area contributed by atoms with Crippen LogP contribution in [0, 0.1) is 18.3 Å². The van der Waals surface area contributed by atoms with Crippen molar-refractivity contribution in [1.29, 1.82) is 5.26 Å². The molecule has 0 aliphatic carbocycles. The van der Waals surface area contributed by atoms with E-state index in [0.29, 0.717) is 11.1 Å². The van der Waals surface area contributed by atoms with E-state index in [2.05, 4.69) is 0 Å². The SMILES string of the molecule is Cc1ccc(S(=O)(=O)N2CC(C(=O)O)=CCC2c2ccc(C#N)cc2)cc1. The van der Waals surface area contributed by atoms with Gasteiger partial charge >= 0.3 is 5.97 Å². The van der Waals surface area contributed by atoms with Gasteiger partial charge < -0.3 is 5.11 Å². The number of carbonyl (C=O) groups is 1. The zero-order chi connectivity index (χ0) is 19.6. The molecule has 1 aliphatic rings. The van der Waals surface area contributed by atoms with E-state index < -0.39 is 22.0 Å². The number of sulfonamides is 1. The largest absolute Gasteiger partial charge is 0.478 e. The molecular weight excluding hydrogens is 364 g/mol. The van der Waals surface area contributed by atoms with Gasteiger partial charge in [0.15, 0.2) is 0 Å². The zero-order valence-corrected chi connectivity index (χ0v) is 15.5. The number of nitrogens with zero attached hydrogens (tertiary/aromatic N) is 2. The normalized spacial score (nSPS) is 17.8. The molecule has 7 heteroatoms. The highest BCUT2D eigenvalue weighted by Crippen LogP contribution is 2.35. The lowest BCUT2D eigenvalue weighted by Crippen LogP contribution is -2.39. The molecular formula is C20H18N2O4S. The molecule has 3 rings (SSSR count). The van der Waals surface area contributed by atoms with Crippen LogP contribution >= 0.6 is 0 Å². The van der Waals surface area contributed by atoms with Crippen LogP contribution in [0.1, 0.15) is 29.2 Å². The predicted molar refractivity (Wildman–Crippen MR) is 99.3 cm³/mol. The maximum absolute atomic E-state index is 13.2. The Labute approximate surface area is 158 Å². The van der Waals surface area contributed by atoms with Gasteiger partial charge in [-0.2, -0.15) is 9.57 Å². The van der Waals surface area contributed by atoms with Crippen LogP contribution in [0.25, 0.3) is 0 Å². The highest BCUT2D eigenvalue weighted by molar-refractivity contribution is 7.89.